The molecule has 27 heavy (non-hydrogen) atoms. The lowest BCUT2D eigenvalue weighted by Crippen LogP contribution is -2.52. The number of hydrazine groups is 2. The summed E-state index contributed by atoms with van der Waals surface area (Å²) in [6.45, 7) is 5.40. The van der Waals surface area contributed by atoms with Crippen LogP contribution in [-0.2, 0) is 0 Å². The lowest BCUT2D eigenvalue weighted by atomic mass is 9.45. The van der Waals surface area contributed by atoms with E-state index in [0.29, 0.717) is 10.8 Å². The SMILES string of the molecule is CC12CCCCC1CCC1C2CCC2(C)C(CCCC3=NNNN3)CCC12. The molecule has 3 N–H and O–H groups in total. The highest BCUT2D eigenvalue weighted by atomic mass is 15.8. The first kappa shape index (κ1) is 18.3. The number of rotatable bonds is 4. The van der Waals surface area contributed by atoms with Crippen LogP contribution >= 0.6 is 0 Å². The molecule has 4 heteroatoms. The number of nitrogens with one attached hydrogen (secondary N) is 3. The highest BCUT2D eigenvalue weighted by Gasteiger charge is 2.59. The average molecular weight is 373 g/mol. The van der Waals surface area contributed by atoms with Crippen LogP contribution in [0.15, 0.2) is 5.10 Å². The summed E-state index contributed by atoms with van der Waals surface area (Å²) in [7, 11) is 0. The number of fused-ring (bicyclic) bond motifs is 5. The van der Waals surface area contributed by atoms with Gasteiger partial charge >= 0.3 is 0 Å². The van der Waals surface area contributed by atoms with Crippen LogP contribution in [0.2, 0.25) is 0 Å². The summed E-state index contributed by atoms with van der Waals surface area (Å²) in [5.74, 6) is 6.18. The maximum atomic E-state index is 4.24. The predicted molar refractivity (Wildman–Crippen MR) is 111 cm³/mol. The van der Waals surface area contributed by atoms with Crippen LogP contribution in [-0.4, -0.2) is 5.84 Å². The Morgan fingerprint density at radius 1 is 0.926 bits per heavy atom. The number of hydrogen-bond donors (Lipinski definition) is 3. The molecule has 1 aliphatic heterocycles. The van der Waals surface area contributed by atoms with E-state index in [0.717, 1.165) is 41.8 Å². The lowest BCUT2D eigenvalue weighted by Gasteiger charge is -2.60. The minimum Gasteiger partial charge on any atom is -0.289 e. The van der Waals surface area contributed by atoms with Crippen LogP contribution in [0.5, 0.6) is 0 Å². The molecule has 0 aromatic rings. The van der Waals surface area contributed by atoms with E-state index >= 15 is 0 Å². The molecule has 0 spiro atoms. The van der Waals surface area contributed by atoms with Gasteiger partial charge in [-0.05, 0) is 105 Å². The van der Waals surface area contributed by atoms with Crippen LogP contribution in [0.4, 0.5) is 0 Å². The molecule has 4 aliphatic carbocycles. The van der Waals surface area contributed by atoms with Gasteiger partial charge in [0.2, 0.25) is 0 Å². The summed E-state index contributed by atoms with van der Waals surface area (Å²) in [5.41, 5.74) is 10.1. The van der Waals surface area contributed by atoms with Crippen molar-refractivity contribution in [3.05, 3.63) is 0 Å². The molecular weight excluding hydrogens is 332 g/mol. The van der Waals surface area contributed by atoms with Crippen molar-refractivity contribution in [2.75, 3.05) is 0 Å². The third kappa shape index (κ3) is 2.92. The number of hydrogen-bond acceptors (Lipinski definition) is 4. The maximum absolute atomic E-state index is 4.24. The van der Waals surface area contributed by atoms with Crippen LogP contribution < -0.4 is 16.5 Å². The molecule has 0 aromatic heterocycles. The Labute approximate surface area is 165 Å². The summed E-state index contributed by atoms with van der Waals surface area (Å²) in [5, 5.41) is 4.24. The number of amidine groups is 1. The highest BCUT2D eigenvalue weighted by Crippen LogP contribution is 2.67. The third-order valence-electron chi connectivity index (χ3n) is 10.2. The minimum atomic E-state index is 0.625. The van der Waals surface area contributed by atoms with Gasteiger partial charge in [0.15, 0.2) is 0 Å². The molecule has 4 nitrogen and oxygen atoms in total. The molecule has 5 rings (SSSR count). The van der Waals surface area contributed by atoms with Crippen molar-refractivity contribution >= 4 is 5.84 Å². The van der Waals surface area contributed by atoms with Gasteiger partial charge in [0.1, 0.15) is 5.84 Å². The second-order valence-corrected chi connectivity index (χ2v) is 11.0. The second-order valence-electron chi connectivity index (χ2n) is 11.0. The van der Waals surface area contributed by atoms with Gasteiger partial charge in [-0.25, -0.2) is 5.53 Å². The zero-order chi connectivity index (χ0) is 18.5. The molecule has 0 saturated heterocycles. The summed E-state index contributed by atoms with van der Waals surface area (Å²) >= 11 is 0. The molecule has 0 bridgehead atoms. The Bertz CT molecular complexity index is 589. The first-order valence-corrected chi connectivity index (χ1v) is 11.9. The molecule has 7 unspecified atom stereocenters. The van der Waals surface area contributed by atoms with Crippen molar-refractivity contribution in [1.82, 2.24) is 16.5 Å². The van der Waals surface area contributed by atoms with Gasteiger partial charge in [-0.1, -0.05) is 26.7 Å². The molecule has 4 fully saturated rings. The van der Waals surface area contributed by atoms with E-state index in [4.69, 9.17) is 0 Å². The Balaban J connectivity index is 1.26. The van der Waals surface area contributed by atoms with E-state index < -0.39 is 0 Å². The monoisotopic (exact) mass is 372 g/mol. The van der Waals surface area contributed by atoms with Crippen molar-refractivity contribution in [3.8, 4) is 0 Å². The fourth-order valence-corrected chi connectivity index (χ4v) is 8.74. The fourth-order valence-electron chi connectivity index (χ4n) is 8.74. The summed E-state index contributed by atoms with van der Waals surface area (Å²) < 4.78 is 0. The van der Waals surface area contributed by atoms with Crippen LogP contribution in [0.25, 0.3) is 0 Å². The Kier molecular flexibility index (Phi) is 4.69. The Morgan fingerprint density at radius 3 is 2.67 bits per heavy atom. The third-order valence-corrected chi connectivity index (χ3v) is 10.2. The van der Waals surface area contributed by atoms with Gasteiger partial charge in [0.05, 0.1) is 0 Å². The minimum absolute atomic E-state index is 0.625. The average Bonchev–Trinajstić information content (AvgIpc) is 3.29. The molecule has 0 amide bonds. The van der Waals surface area contributed by atoms with Crippen LogP contribution in [0.3, 0.4) is 0 Å². The smallest absolute Gasteiger partial charge is 0.139 e. The molecule has 0 radical (unpaired) electrons. The quantitative estimate of drug-likeness (QED) is 0.641. The van der Waals surface area contributed by atoms with E-state index in [-0.39, 0.29) is 0 Å². The fraction of sp³-hybridized carbons (Fsp3) is 0.957. The van der Waals surface area contributed by atoms with Gasteiger partial charge in [0.25, 0.3) is 0 Å². The first-order chi connectivity index (χ1) is 13.1. The highest BCUT2D eigenvalue weighted by molar-refractivity contribution is 5.82. The second kappa shape index (κ2) is 6.93. The number of hydrazone groups is 1. The van der Waals surface area contributed by atoms with E-state index in [2.05, 4.69) is 35.4 Å². The number of nitrogens with zero attached hydrogens (tertiary/aromatic N) is 1. The maximum Gasteiger partial charge on any atom is 0.139 e. The van der Waals surface area contributed by atoms with Crippen molar-refractivity contribution in [2.45, 2.75) is 97.3 Å². The molecule has 152 valence electrons. The topological polar surface area (TPSA) is 48.5 Å². The van der Waals surface area contributed by atoms with Gasteiger partial charge in [0, 0.05) is 6.42 Å². The predicted octanol–water partition coefficient (Wildman–Crippen LogP) is 5.13. The van der Waals surface area contributed by atoms with Crippen molar-refractivity contribution in [1.29, 1.82) is 0 Å². The summed E-state index contributed by atoms with van der Waals surface area (Å²) in [6.07, 6.45) is 19.0. The van der Waals surface area contributed by atoms with Gasteiger partial charge in [-0.15, -0.1) is 10.6 Å². The summed E-state index contributed by atoms with van der Waals surface area (Å²) in [4.78, 5) is 0. The first-order valence-electron chi connectivity index (χ1n) is 11.9. The van der Waals surface area contributed by atoms with E-state index in [1.54, 1.807) is 12.8 Å². The van der Waals surface area contributed by atoms with Crippen LogP contribution in [0.1, 0.15) is 97.3 Å². The van der Waals surface area contributed by atoms with Crippen molar-refractivity contribution in [2.24, 2.45) is 45.5 Å². The molecule has 1 heterocycles. The van der Waals surface area contributed by atoms with E-state index in [9.17, 15) is 0 Å². The Hall–Kier alpha value is -0.770. The van der Waals surface area contributed by atoms with E-state index in [1.807, 2.05) is 0 Å². The molecular formula is C23H40N4. The molecule has 4 saturated carbocycles. The van der Waals surface area contributed by atoms with Crippen molar-refractivity contribution < 1.29 is 0 Å². The summed E-state index contributed by atoms with van der Waals surface area (Å²) in [6, 6.07) is 0. The van der Waals surface area contributed by atoms with Gasteiger partial charge < -0.3 is 0 Å². The standard InChI is InChI=1S/C23H40N4/c1-22-14-4-3-6-16(22)9-11-18-19-12-10-17(23(19,2)15-13-20(18)22)7-5-8-21-24-26-27-25-21/h16-20,26-27H,3-15H2,1-2H3,(H,24,25). The van der Waals surface area contributed by atoms with Gasteiger partial charge in [-0.2, -0.15) is 0 Å². The van der Waals surface area contributed by atoms with Crippen molar-refractivity contribution in [3.63, 3.8) is 0 Å². The largest absolute Gasteiger partial charge is 0.289 e. The zero-order valence-electron chi connectivity index (χ0n) is 17.5. The molecule has 0 aromatic carbocycles. The van der Waals surface area contributed by atoms with Crippen LogP contribution in [0, 0.1) is 40.4 Å². The Morgan fingerprint density at radius 2 is 1.81 bits per heavy atom. The zero-order valence-corrected chi connectivity index (χ0v) is 17.5. The van der Waals surface area contributed by atoms with Gasteiger partial charge in [-0.3, -0.25) is 5.43 Å². The van der Waals surface area contributed by atoms with E-state index in [1.165, 1.54) is 64.2 Å². The molecule has 5 aliphatic rings. The normalized spacial score (nSPS) is 48.7. The molecule has 7 atom stereocenters. The lowest BCUT2D eigenvalue weighted by molar-refractivity contribution is -0.111.